The first-order chi connectivity index (χ1) is 9.95. The van der Waals surface area contributed by atoms with Gasteiger partial charge in [0.2, 0.25) is 0 Å². The summed E-state index contributed by atoms with van der Waals surface area (Å²) in [5.41, 5.74) is -0.551. The quantitative estimate of drug-likeness (QED) is 0.748. The molecule has 1 heterocycles. The molecule has 1 nitrogen and oxygen atoms in total. The van der Waals surface area contributed by atoms with E-state index < -0.39 is 17.2 Å². The molecule has 0 saturated carbocycles. The SMILES string of the molecule is CC(O)(Cc1ccc(F)c(F)c1)c1cc2ccccc2s1. The van der Waals surface area contributed by atoms with Crippen molar-refractivity contribution in [2.45, 2.75) is 18.9 Å². The van der Waals surface area contributed by atoms with E-state index in [9.17, 15) is 13.9 Å². The molecule has 2 aromatic carbocycles. The van der Waals surface area contributed by atoms with Gasteiger partial charge in [-0.15, -0.1) is 11.3 Å². The van der Waals surface area contributed by atoms with Gasteiger partial charge in [0.05, 0.1) is 5.60 Å². The van der Waals surface area contributed by atoms with Gasteiger partial charge in [-0.3, -0.25) is 0 Å². The minimum atomic E-state index is -1.12. The largest absolute Gasteiger partial charge is 0.384 e. The standard InChI is InChI=1S/C17H14F2OS/c1-17(20,10-11-6-7-13(18)14(19)8-11)16-9-12-4-2-3-5-15(12)21-16/h2-9,20H,10H2,1H3. The summed E-state index contributed by atoms with van der Waals surface area (Å²) in [6, 6.07) is 13.6. The van der Waals surface area contributed by atoms with Gasteiger partial charge in [0.15, 0.2) is 11.6 Å². The number of hydrogen-bond acceptors (Lipinski definition) is 2. The highest BCUT2D eigenvalue weighted by molar-refractivity contribution is 7.19. The van der Waals surface area contributed by atoms with Gasteiger partial charge in [-0.2, -0.15) is 0 Å². The van der Waals surface area contributed by atoms with E-state index in [-0.39, 0.29) is 6.42 Å². The Balaban J connectivity index is 1.93. The first-order valence-electron chi connectivity index (χ1n) is 6.61. The highest BCUT2D eigenvalue weighted by Gasteiger charge is 2.26. The summed E-state index contributed by atoms with van der Waals surface area (Å²) in [6.45, 7) is 1.69. The maximum absolute atomic E-state index is 13.3. The fourth-order valence-electron chi connectivity index (χ4n) is 2.38. The van der Waals surface area contributed by atoms with Crippen LogP contribution < -0.4 is 0 Å². The summed E-state index contributed by atoms with van der Waals surface area (Å²) >= 11 is 1.51. The van der Waals surface area contributed by atoms with E-state index in [0.717, 1.165) is 27.1 Å². The van der Waals surface area contributed by atoms with Gasteiger partial charge in [0, 0.05) is 16.0 Å². The molecular weight excluding hydrogens is 290 g/mol. The summed E-state index contributed by atoms with van der Waals surface area (Å²) < 4.78 is 27.3. The van der Waals surface area contributed by atoms with E-state index in [4.69, 9.17) is 0 Å². The maximum Gasteiger partial charge on any atom is 0.159 e. The van der Waals surface area contributed by atoms with Crippen molar-refractivity contribution in [1.29, 1.82) is 0 Å². The Morgan fingerprint density at radius 1 is 1.05 bits per heavy atom. The monoisotopic (exact) mass is 304 g/mol. The molecular formula is C17H14F2OS. The topological polar surface area (TPSA) is 20.2 Å². The fraction of sp³-hybridized carbons (Fsp3) is 0.176. The second kappa shape index (κ2) is 5.20. The molecule has 4 heteroatoms. The minimum absolute atomic E-state index is 0.233. The molecule has 0 radical (unpaired) electrons. The molecule has 0 amide bonds. The summed E-state index contributed by atoms with van der Waals surface area (Å²) in [5, 5.41) is 11.8. The highest BCUT2D eigenvalue weighted by atomic mass is 32.1. The van der Waals surface area contributed by atoms with Crippen molar-refractivity contribution in [1.82, 2.24) is 0 Å². The average Bonchev–Trinajstić information content (AvgIpc) is 2.87. The van der Waals surface area contributed by atoms with Crippen molar-refractivity contribution in [3.05, 3.63) is 70.6 Å². The molecule has 0 saturated heterocycles. The summed E-state index contributed by atoms with van der Waals surface area (Å²) in [5.74, 6) is -1.76. The number of fused-ring (bicyclic) bond motifs is 1. The third kappa shape index (κ3) is 2.82. The van der Waals surface area contributed by atoms with E-state index in [2.05, 4.69) is 0 Å². The van der Waals surface area contributed by atoms with Crippen molar-refractivity contribution < 1.29 is 13.9 Å². The zero-order valence-corrected chi connectivity index (χ0v) is 12.3. The lowest BCUT2D eigenvalue weighted by molar-refractivity contribution is 0.0615. The molecule has 1 N–H and O–H groups in total. The van der Waals surface area contributed by atoms with E-state index in [0.29, 0.717) is 5.56 Å². The van der Waals surface area contributed by atoms with Gasteiger partial charge >= 0.3 is 0 Å². The second-order valence-corrected chi connectivity index (χ2v) is 6.43. The first-order valence-corrected chi connectivity index (χ1v) is 7.43. The number of halogens is 2. The Kier molecular flexibility index (Phi) is 3.51. The number of rotatable bonds is 3. The number of aliphatic hydroxyl groups is 1. The molecule has 0 spiro atoms. The van der Waals surface area contributed by atoms with Crippen LogP contribution in [0.2, 0.25) is 0 Å². The van der Waals surface area contributed by atoms with Crippen LogP contribution in [-0.4, -0.2) is 5.11 Å². The molecule has 3 aromatic rings. The Bertz CT molecular complexity index is 759. The number of thiophene rings is 1. The van der Waals surface area contributed by atoms with Crippen molar-refractivity contribution >= 4 is 21.4 Å². The zero-order valence-electron chi connectivity index (χ0n) is 11.4. The Morgan fingerprint density at radius 3 is 2.52 bits per heavy atom. The molecule has 0 aliphatic heterocycles. The molecule has 0 bridgehead atoms. The van der Waals surface area contributed by atoms with Crippen molar-refractivity contribution in [2.75, 3.05) is 0 Å². The van der Waals surface area contributed by atoms with Gasteiger partial charge in [0.1, 0.15) is 0 Å². The molecule has 0 aliphatic carbocycles. The normalized spacial score (nSPS) is 14.3. The van der Waals surface area contributed by atoms with Crippen LogP contribution in [0.1, 0.15) is 17.4 Å². The lowest BCUT2D eigenvalue weighted by atomic mass is 9.94. The Hall–Kier alpha value is -1.78. The maximum atomic E-state index is 13.3. The Morgan fingerprint density at radius 2 is 1.81 bits per heavy atom. The first kappa shape index (κ1) is 14.2. The fourth-order valence-corrected chi connectivity index (χ4v) is 3.49. The summed E-state index contributed by atoms with van der Waals surface area (Å²) in [7, 11) is 0. The van der Waals surface area contributed by atoms with Crippen LogP contribution in [0, 0.1) is 11.6 Å². The molecule has 1 aromatic heterocycles. The third-order valence-corrected chi connectivity index (χ3v) is 4.86. The van der Waals surface area contributed by atoms with Crippen LogP contribution in [-0.2, 0) is 12.0 Å². The summed E-state index contributed by atoms with van der Waals surface area (Å²) in [6.07, 6.45) is 0.233. The van der Waals surface area contributed by atoms with Gasteiger partial charge in [-0.1, -0.05) is 24.3 Å². The van der Waals surface area contributed by atoms with E-state index in [1.165, 1.54) is 17.4 Å². The zero-order chi connectivity index (χ0) is 15.0. The highest BCUT2D eigenvalue weighted by Crippen LogP contribution is 2.35. The molecule has 1 atom stereocenters. The second-order valence-electron chi connectivity index (χ2n) is 5.35. The third-order valence-electron chi connectivity index (χ3n) is 3.49. The molecule has 21 heavy (non-hydrogen) atoms. The van der Waals surface area contributed by atoms with Gasteiger partial charge in [-0.25, -0.2) is 8.78 Å². The predicted molar refractivity (Wildman–Crippen MR) is 81.5 cm³/mol. The van der Waals surface area contributed by atoms with Crippen LogP contribution in [0.3, 0.4) is 0 Å². The van der Waals surface area contributed by atoms with E-state index in [1.807, 2.05) is 30.3 Å². The van der Waals surface area contributed by atoms with Crippen LogP contribution >= 0.6 is 11.3 Å². The van der Waals surface area contributed by atoms with Crippen molar-refractivity contribution in [3.8, 4) is 0 Å². The molecule has 1 unspecified atom stereocenters. The van der Waals surface area contributed by atoms with Crippen LogP contribution in [0.5, 0.6) is 0 Å². The summed E-state index contributed by atoms with van der Waals surface area (Å²) in [4.78, 5) is 0.813. The smallest absolute Gasteiger partial charge is 0.159 e. The molecule has 108 valence electrons. The van der Waals surface area contributed by atoms with Crippen LogP contribution in [0.4, 0.5) is 8.78 Å². The van der Waals surface area contributed by atoms with Crippen molar-refractivity contribution in [2.24, 2.45) is 0 Å². The van der Waals surface area contributed by atoms with Gasteiger partial charge in [-0.05, 0) is 42.1 Å². The lowest BCUT2D eigenvalue weighted by Crippen LogP contribution is -2.23. The predicted octanol–water partition coefficient (Wildman–Crippen LogP) is 4.63. The van der Waals surface area contributed by atoms with Crippen LogP contribution in [0.15, 0.2) is 48.5 Å². The van der Waals surface area contributed by atoms with Crippen LogP contribution in [0.25, 0.3) is 10.1 Å². The minimum Gasteiger partial charge on any atom is -0.384 e. The van der Waals surface area contributed by atoms with Crippen molar-refractivity contribution in [3.63, 3.8) is 0 Å². The Labute approximate surface area is 125 Å². The van der Waals surface area contributed by atoms with E-state index in [1.54, 1.807) is 6.92 Å². The van der Waals surface area contributed by atoms with Gasteiger partial charge in [0.25, 0.3) is 0 Å². The molecule has 0 aliphatic rings. The molecule has 0 fully saturated rings. The molecule has 3 rings (SSSR count). The van der Waals surface area contributed by atoms with Gasteiger partial charge < -0.3 is 5.11 Å². The average molecular weight is 304 g/mol. The lowest BCUT2D eigenvalue weighted by Gasteiger charge is -2.22. The number of hydrogen-bond donors (Lipinski definition) is 1. The van der Waals surface area contributed by atoms with E-state index >= 15 is 0 Å². The number of benzene rings is 2.